The first-order chi connectivity index (χ1) is 11.8. The third-order valence-corrected chi connectivity index (χ3v) is 7.51. The van der Waals surface area contributed by atoms with E-state index < -0.39 is 7.92 Å². The normalized spacial score (nSPS) is 12.3. The van der Waals surface area contributed by atoms with Gasteiger partial charge in [-0.3, -0.25) is 0 Å². The van der Waals surface area contributed by atoms with Crippen molar-refractivity contribution in [1.29, 1.82) is 0 Å². The summed E-state index contributed by atoms with van der Waals surface area (Å²) in [6, 6.07) is 30.9. The molecule has 0 radical (unpaired) electrons. The highest BCUT2D eigenvalue weighted by Crippen LogP contribution is 2.34. The van der Waals surface area contributed by atoms with Crippen LogP contribution in [0.2, 0.25) is 0 Å². The summed E-state index contributed by atoms with van der Waals surface area (Å²) in [6.07, 6.45) is 2.36. The molecule has 0 aliphatic rings. The smallest absolute Gasteiger partial charge is 0.0395 e. The Hall–Kier alpha value is -1.43. The van der Waals surface area contributed by atoms with Crippen molar-refractivity contribution in [2.24, 2.45) is 0 Å². The predicted octanol–water partition coefficient (Wildman–Crippen LogP) is 5.68. The average molecular weight is 397 g/mol. The van der Waals surface area contributed by atoms with Crippen molar-refractivity contribution in [3.63, 3.8) is 0 Å². The van der Waals surface area contributed by atoms with Gasteiger partial charge in [-0.05, 0) is 35.8 Å². The summed E-state index contributed by atoms with van der Waals surface area (Å²) in [5.41, 5.74) is 1.37. The van der Waals surface area contributed by atoms with Crippen LogP contribution in [0.4, 0.5) is 0 Å². The molecule has 0 saturated carbocycles. The van der Waals surface area contributed by atoms with Crippen molar-refractivity contribution in [2.75, 3.05) is 0 Å². The summed E-state index contributed by atoms with van der Waals surface area (Å²) in [7, 11) is -0.501. The second kappa shape index (κ2) is 8.60. The lowest BCUT2D eigenvalue weighted by atomic mass is 10.1. The van der Waals surface area contributed by atoms with E-state index in [0.717, 1.165) is 0 Å². The molecule has 0 N–H and O–H groups in total. The van der Waals surface area contributed by atoms with E-state index in [4.69, 9.17) is 0 Å². The average Bonchev–Trinajstić information content (AvgIpc) is 2.64. The highest BCUT2D eigenvalue weighted by atomic mass is 79.9. The quantitative estimate of drug-likeness (QED) is 0.371. The minimum absolute atomic E-state index is 0.455. The van der Waals surface area contributed by atoms with E-state index in [-0.39, 0.29) is 0 Å². The largest absolute Gasteiger partial charge is 0.0839 e. The fraction of sp³-hybridized carbons (Fsp3) is 0.182. The molecule has 0 aromatic heterocycles. The lowest BCUT2D eigenvalue weighted by Crippen LogP contribution is -2.20. The summed E-state index contributed by atoms with van der Waals surface area (Å²) in [4.78, 5) is 0.455. The first-order valence-corrected chi connectivity index (χ1v) is 10.7. The van der Waals surface area contributed by atoms with Crippen molar-refractivity contribution in [3.8, 4) is 0 Å². The molecule has 0 heterocycles. The molecule has 3 aromatic carbocycles. The zero-order valence-corrected chi connectivity index (χ0v) is 16.4. The second-order valence-electron chi connectivity index (χ2n) is 5.85. The Labute approximate surface area is 154 Å². The first-order valence-electron chi connectivity index (χ1n) is 8.44. The van der Waals surface area contributed by atoms with Crippen LogP contribution >= 0.6 is 23.9 Å². The first kappa shape index (κ1) is 17.4. The van der Waals surface area contributed by atoms with Crippen molar-refractivity contribution < 1.29 is 0 Å². The van der Waals surface area contributed by atoms with Crippen molar-refractivity contribution in [2.45, 2.75) is 24.6 Å². The molecular formula is C22H22BrP. The Morgan fingerprint density at radius 3 is 1.62 bits per heavy atom. The molecule has 0 aliphatic heterocycles. The summed E-state index contributed by atoms with van der Waals surface area (Å²) >= 11 is 3.80. The van der Waals surface area contributed by atoms with Crippen molar-refractivity contribution >= 4 is 39.8 Å². The molecule has 122 valence electrons. The molecule has 0 nitrogen and oxygen atoms in total. The maximum absolute atomic E-state index is 3.80. The number of rotatable bonds is 6. The Morgan fingerprint density at radius 2 is 1.17 bits per heavy atom. The SMILES string of the molecule is CCCC(Br)c1ccc(P(c2ccccc2)c2ccccc2)cc1. The van der Waals surface area contributed by atoms with Gasteiger partial charge >= 0.3 is 0 Å². The second-order valence-corrected chi connectivity index (χ2v) is 9.18. The minimum atomic E-state index is -0.501. The lowest BCUT2D eigenvalue weighted by Gasteiger charge is -2.20. The van der Waals surface area contributed by atoms with Crippen LogP contribution < -0.4 is 15.9 Å². The third kappa shape index (κ3) is 4.15. The molecule has 3 rings (SSSR count). The van der Waals surface area contributed by atoms with Crippen LogP contribution in [0.1, 0.15) is 30.2 Å². The molecule has 0 amide bonds. The van der Waals surface area contributed by atoms with Gasteiger partial charge in [0, 0.05) is 4.83 Å². The third-order valence-electron chi connectivity index (χ3n) is 4.08. The van der Waals surface area contributed by atoms with Gasteiger partial charge in [0.15, 0.2) is 0 Å². The van der Waals surface area contributed by atoms with E-state index in [0.29, 0.717) is 4.83 Å². The van der Waals surface area contributed by atoms with Crippen LogP contribution in [0.25, 0.3) is 0 Å². The molecular weight excluding hydrogens is 375 g/mol. The molecule has 3 aromatic rings. The number of hydrogen-bond donors (Lipinski definition) is 0. The van der Waals surface area contributed by atoms with E-state index in [2.05, 4.69) is 108 Å². The van der Waals surface area contributed by atoms with Gasteiger partial charge in [-0.25, -0.2) is 0 Å². The maximum Gasteiger partial charge on any atom is 0.0395 e. The summed E-state index contributed by atoms with van der Waals surface area (Å²) < 4.78 is 0. The number of halogens is 1. The minimum Gasteiger partial charge on any atom is -0.0839 e. The van der Waals surface area contributed by atoms with Gasteiger partial charge in [-0.15, -0.1) is 0 Å². The Balaban J connectivity index is 1.97. The maximum atomic E-state index is 3.80. The van der Waals surface area contributed by atoms with Crippen LogP contribution in [0.5, 0.6) is 0 Å². The predicted molar refractivity (Wildman–Crippen MR) is 112 cm³/mol. The summed E-state index contributed by atoms with van der Waals surface area (Å²) in [5, 5.41) is 4.20. The van der Waals surface area contributed by atoms with Crippen LogP contribution in [-0.4, -0.2) is 0 Å². The summed E-state index contributed by atoms with van der Waals surface area (Å²) in [5.74, 6) is 0. The molecule has 1 unspecified atom stereocenters. The van der Waals surface area contributed by atoms with E-state index >= 15 is 0 Å². The van der Waals surface area contributed by atoms with Crippen LogP contribution in [-0.2, 0) is 0 Å². The molecule has 2 heteroatoms. The van der Waals surface area contributed by atoms with E-state index in [1.165, 1.54) is 34.3 Å². The number of alkyl halides is 1. The van der Waals surface area contributed by atoms with Crippen molar-refractivity contribution in [1.82, 2.24) is 0 Å². The van der Waals surface area contributed by atoms with Gasteiger partial charge in [-0.2, -0.15) is 0 Å². The van der Waals surface area contributed by atoms with Gasteiger partial charge in [0.25, 0.3) is 0 Å². The van der Waals surface area contributed by atoms with Gasteiger partial charge < -0.3 is 0 Å². The summed E-state index contributed by atoms with van der Waals surface area (Å²) in [6.45, 7) is 2.23. The van der Waals surface area contributed by atoms with E-state index in [1.54, 1.807) is 0 Å². The van der Waals surface area contributed by atoms with Gasteiger partial charge in [0.05, 0.1) is 0 Å². The van der Waals surface area contributed by atoms with E-state index in [1.807, 2.05) is 0 Å². The molecule has 24 heavy (non-hydrogen) atoms. The topological polar surface area (TPSA) is 0 Å². The van der Waals surface area contributed by atoms with Crippen molar-refractivity contribution in [3.05, 3.63) is 90.5 Å². The molecule has 0 aliphatic carbocycles. The fourth-order valence-corrected chi connectivity index (χ4v) is 5.90. The van der Waals surface area contributed by atoms with Gasteiger partial charge in [-0.1, -0.05) is 114 Å². The standard InChI is InChI=1S/C22H22BrP/c1-2-9-22(23)18-14-16-21(17-15-18)24(19-10-5-3-6-11-19)20-12-7-4-8-13-20/h3-8,10-17,22H,2,9H2,1H3. The zero-order valence-electron chi connectivity index (χ0n) is 13.9. The number of benzene rings is 3. The monoisotopic (exact) mass is 396 g/mol. The molecule has 0 spiro atoms. The Kier molecular flexibility index (Phi) is 6.24. The van der Waals surface area contributed by atoms with Crippen LogP contribution in [0, 0.1) is 0 Å². The Morgan fingerprint density at radius 1 is 0.708 bits per heavy atom. The zero-order chi connectivity index (χ0) is 16.8. The number of hydrogen-bond acceptors (Lipinski definition) is 0. The highest BCUT2D eigenvalue weighted by Gasteiger charge is 2.16. The highest BCUT2D eigenvalue weighted by molar-refractivity contribution is 9.09. The molecule has 0 saturated heterocycles. The molecule has 1 atom stereocenters. The fourth-order valence-electron chi connectivity index (χ4n) is 2.85. The van der Waals surface area contributed by atoms with Crippen LogP contribution in [0.15, 0.2) is 84.9 Å². The van der Waals surface area contributed by atoms with Gasteiger partial charge in [0.2, 0.25) is 0 Å². The van der Waals surface area contributed by atoms with Crippen LogP contribution in [0.3, 0.4) is 0 Å². The molecule has 0 fully saturated rings. The Bertz CT molecular complexity index is 698. The lowest BCUT2D eigenvalue weighted by molar-refractivity contribution is 0.789. The van der Waals surface area contributed by atoms with Gasteiger partial charge in [0.1, 0.15) is 0 Å². The molecule has 0 bridgehead atoms. The van der Waals surface area contributed by atoms with E-state index in [9.17, 15) is 0 Å².